The van der Waals surface area contributed by atoms with E-state index in [1.165, 1.54) is 35.4 Å². The molecule has 12 heteroatoms. The van der Waals surface area contributed by atoms with Crippen molar-refractivity contribution in [1.29, 1.82) is 0 Å². The molecule has 1 fully saturated rings. The van der Waals surface area contributed by atoms with Crippen molar-refractivity contribution in [3.8, 4) is 22.8 Å². The summed E-state index contributed by atoms with van der Waals surface area (Å²) in [5.74, 6) is -0.613. The van der Waals surface area contributed by atoms with Gasteiger partial charge in [0.25, 0.3) is 5.91 Å². The van der Waals surface area contributed by atoms with E-state index in [0.717, 1.165) is 5.56 Å². The minimum absolute atomic E-state index is 0.0293. The van der Waals surface area contributed by atoms with Crippen molar-refractivity contribution in [3.63, 3.8) is 0 Å². The molecule has 1 aliphatic rings. The maximum Gasteiger partial charge on any atom is 0.573 e. The molecule has 0 saturated carbocycles. The van der Waals surface area contributed by atoms with Crippen molar-refractivity contribution in [3.05, 3.63) is 71.9 Å². The van der Waals surface area contributed by atoms with E-state index >= 15 is 0 Å². The fraction of sp³-hybridized carbons (Fsp3) is 0.261. The topological polar surface area (TPSA) is 99.2 Å². The van der Waals surface area contributed by atoms with Gasteiger partial charge in [-0.2, -0.15) is 20.0 Å². The number of amides is 1. The minimum Gasteiger partial charge on any atom is -0.405 e. The maximum absolute atomic E-state index is 13.7. The summed E-state index contributed by atoms with van der Waals surface area (Å²) in [5.41, 5.74) is 1.76. The second kappa shape index (κ2) is 8.85. The van der Waals surface area contributed by atoms with Crippen LogP contribution >= 0.6 is 0 Å². The first kappa shape index (κ1) is 22.6. The third-order valence-corrected chi connectivity index (χ3v) is 5.69. The molecule has 180 valence electrons. The Morgan fingerprint density at radius 2 is 1.89 bits per heavy atom. The highest BCUT2D eigenvalue weighted by Crippen LogP contribution is 2.37. The van der Waals surface area contributed by atoms with Gasteiger partial charge in [-0.15, -0.1) is 13.2 Å². The van der Waals surface area contributed by atoms with Crippen molar-refractivity contribution in [2.75, 3.05) is 6.54 Å². The van der Waals surface area contributed by atoms with Crippen LogP contribution in [0.2, 0.25) is 0 Å². The zero-order chi connectivity index (χ0) is 24.6. The minimum atomic E-state index is -4.87. The van der Waals surface area contributed by atoms with Crippen LogP contribution in [0.3, 0.4) is 0 Å². The first-order valence-corrected chi connectivity index (χ1v) is 10.8. The summed E-state index contributed by atoms with van der Waals surface area (Å²) in [4.78, 5) is 21.0. The van der Waals surface area contributed by atoms with Crippen LogP contribution in [0.4, 0.5) is 13.2 Å². The molecular weight excluding hydrogens is 465 g/mol. The number of alkyl halides is 3. The molecule has 0 spiro atoms. The van der Waals surface area contributed by atoms with Crippen LogP contribution in [0.15, 0.2) is 59.4 Å². The van der Waals surface area contributed by atoms with E-state index in [-0.39, 0.29) is 23.2 Å². The molecule has 2 aromatic carbocycles. The Kier molecular flexibility index (Phi) is 5.71. The number of hydrogen-bond donors (Lipinski definition) is 0. The predicted octanol–water partition coefficient (Wildman–Crippen LogP) is 4.50. The number of likely N-dealkylation sites (tertiary alicyclic amines) is 1. The van der Waals surface area contributed by atoms with Gasteiger partial charge < -0.3 is 14.2 Å². The SMILES string of the molecule is Cc1cccc(-n2nccn2)c1C(=O)N1CCC[C@H]1c1nc(-c2ccccc2OC(F)(F)F)no1. The van der Waals surface area contributed by atoms with Crippen LogP contribution in [-0.4, -0.2) is 48.8 Å². The van der Waals surface area contributed by atoms with E-state index < -0.39 is 18.2 Å². The lowest BCUT2D eigenvalue weighted by Gasteiger charge is -2.24. The fourth-order valence-corrected chi connectivity index (χ4v) is 4.19. The second-order valence-corrected chi connectivity index (χ2v) is 7.94. The van der Waals surface area contributed by atoms with Crippen molar-refractivity contribution in [1.82, 2.24) is 30.0 Å². The number of nitrogens with zero attached hydrogens (tertiary/aromatic N) is 6. The van der Waals surface area contributed by atoms with Crippen molar-refractivity contribution in [2.24, 2.45) is 0 Å². The highest BCUT2D eigenvalue weighted by Gasteiger charge is 2.37. The van der Waals surface area contributed by atoms with Crippen molar-refractivity contribution >= 4 is 5.91 Å². The second-order valence-electron chi connectivity index (χ2n) is 7.94. The van der Waals surface area contributed by atoms with Gasteiger partial charge in [-0.3, -0.25) is 4.79 Å². The Morgan fingerprint density at radius 1 is 1.11 bits per heavy atom. The van der Waals surface area contributed by atoms with Gasteiger partial charge in [0.15, 0.2) is 0 Å². The smallest absolute Gasteiger partial charge is 0.405 e. The average molecular weight is 484 g/mol. The number of halogens is 3. The number of carbonyl (C=O) groups excluding carboxylic acids is 1. The van der Waals surface area contributed by atoms with E-state index in [4.69, 9.17) is 4.52 Å². The molecule has 1 atom stereocenters. The Hall–Kier alpha value is -4.22. The molecule has 0 unspecified atom stereocenters. The van der Waals surface area contributed by atoms with Gasteiger partial charge in [-0.1, -0.05) is 29.4 Å². The van der Waals surface area contributed by atoms with Crippen LogP contribution in [0.1, 0.15) is 40.7 Å². The Balaban J connectivity index is 1.46. The first-order valence-electron chi connectivity index (χ1n) is 10.8. The maximum atomic E-state index is 13.7. The van der Waals surface area contributed by atoms with E-state index in [1.54, 1.807) is 17.0 Å². The lowest BCUT2D eigenvalue weighted by Crippen LogP contribution is -2.32. The number of aromatic nitrogens is 5. The Morgan fingerprint density at radius 3 is 2.66 bits per heavy atom. The zero-order valence-corrected chi connectivity index (χ0v) is 18.4. The van der Waals surface area contributed by atoms with Gasteiger partial charge in [0, 0.05) is 6.54 Å². The summed E-state index contributed by atoms with van der Waals surface area (Å²) in [6, 6.07) is 10.4. The molecule has 1 saturated heterocycles. The largest absolute Gasteiger partial charge is 0.573 e. The molecule has 2 aromatic heterocycles. The number of carbonyl (C=O) groups is 1. The van der Waals surface area contributed by atoms with Gasteiger partial charge in [-0.25, -0.2) is 0 Å². The van der Waals surface area contributed by atoms with Gasteiger partial charge in [-0.05, 0) is 43.5 Å². The van der Waals surface area contributed by atoms with E-state index in [0.29, 0.717) is 30.6 Å². The van der Waals surface area contributed by atoms with Crippen molar-refractivity contribution in [2.45, 2.75) is 32.2 Å². The third kappa shape index (κ3) is 4.46. The average Bonchev–Trinajstić information content (AvgIpc) is 3.59. The van der Waals surface area contributed by atoms with Crippen LogP contribution in [-0.2, 0) is 0 Å². The molecule has 9 nitrogen and oxygen atoms in total. The summed E-state index contributed by atoms with van der Waals surface area (Å²) < 4.78 is 48.0. The molecule has 1 aliphatic heterocycles. The lowest BCUT2D eigenvalue weighted by molar-refractivity contribution is -0.274. The summed E-state index contributed by atoms with van der Waals surface area (Å²) in [5, 5.41) is 12.2. The number of hydrogen-bond acceptors (Lipinski definition) is 7. The van der Waals surface area contributed by atoms with Crippen LogP contribution in [0.5, 0.6) is 5.75 Å². The highest BCUT2D eigenvalue weighted by atomic mass is 19.4. The summed E-state index contributed by atoms with van der Waals surface area (Å²) in [6.45, 7) is 2.28. The Labute approximate surface area is 197 Å². The first-order chi connectivity index (χ1) is 16.8. The quantitative estimate of drug-likeness (QED) is 0.411. The van der Waals surface area contributed by atoms with E-state index in [1.807, 2.05) is 19.1 Å². The number of para-hydroxylation sites is 1. The highest BCUT2D eigenvalue weighted by molar-refractivity contribution is 5.99. The van der Waals surface area contributed by atoms with E-state index in [2.05, 4.69) is 25.1 Å². The molecular formula is C23H19F3N6O3. The number of aryl methyl sites for hydroxylation is 1. The summed E-state index contributed by atoms with van der Waals surface area (Å²) in [7, 11) is 0. The summed E-state index contributed by atoms with van der Waals surface area (Å²) in [6.07, 6.45) is -0.560. The van der Waals surface area contributed by atoms with Crippen molar-refractivity contribution < 1.29 is 27.2 Å². The van der Waals surface area contributed by atoms with Crippen LogP contribution in [0, 0.1) is 6.92 Å². The molecule has 0 N–H and O–H groups in total. The van der Waals surface area contributed by atoms with E-state index in [9.17, 15) is 18.0 Å². The Bertz CT molecular complexity index is 1350. The number of ether oxygens (including phenoxy) is 1. The predicted molar refractivity (Wildman–Crippen MR) is 116 cm³/mol. The van der Waals surface area contributed by atoms with Gasteiger partial charge in [0.05, 0.1) is 29.2 Å². The zero-order valence-electron chi connectivity index (χ0n) is 18.4. The molecule has 35 heavy (non-hydrogen) atoms. The number of benzene rings is 2. The van der Waals surface area contributed by atoms with Crippen LogP contribution < -0.4 is 4.74 Å². The molecule has 0 bridgehead atoms. The molecule has 4 aromatic rings. The molecule has 5 rings (SSSR count). The molecule has 0 aliphatic carbocycles. The molecule has 3 heterocycles. The fourth-order valence-electron chi connectivity index (χ4n) is 4.19. The third-order valence-electron chi connectivity index (χ3n) is 5.69. The van der Waals surface area contributed by atoms with Crippen LogP contribution in [0.25, 0.3) is 17.1 Å². The normalized spacial score (nSPS) is 16.0. The standard InChI is InChI=1S/C23H19F3N6O3/c1-14-6-4-8-16(32-27-11-12-28-32)19(14)22(33)31-13-5-9-17(31)21-29-20(30-35-21)15-7-2-3-10-18(15)34-23(24,25)26/h2-4,6-8,10-12,17H,5,9,13H2,1H3/t17-/m0/s1. The van der Waals surface area contributed by atoms with Gasteiger partial charge >= 0.3 is 6.36 Å². The summed E-state index contributed by atoms with van der Waals surface area (Å²) >= 11 is 0. The number of rotatable bonds is 5. The molecule has 1 amide bonds. The molecule has 0 radical (unpaired) electrons. The van der Waals surface area contributed by atoms with Gasteiger partial charge in [0.1, 0.15) is 11.8 Å². The van der Waals surface area contributed by atoms with Gasteiger partial charge in [0.2, 0.25) is 11.7 Å². The lowest BCUT2D eigenvalue weighted by atomic mass is 10.0. The monoisotopic (exact) mass is 484 g/mol.